The summed E-state index contributed by atoms with van der Waals surface area (Å²) < 4.78 is 2.21. The molecule has 94 valence electrons. The van der Waals surface area contributed by atoms with Crippen LogP contribution in [0.25, 0.3) is 0 Å². The van der Waals surface area contributed by atoms with Crippen LogP contribution in [0, 0.1) is 0 Å². The molecule has 5 heteroatoms. The maximum absolute atomic E-state index is 4.13. The molecule has 2 atom stereocenters. The summed E-state index contributed by atoms with van der Waals surface area (Å²) in [6.45, 7) is 0.830. The molecule has 1 aliphatic rings. The molecule has 0 aromatic carbocycles. The normalized spacial score (nSPS) is 23.3. The SMILES string of the molecule is c1cn(C2CCCC2NCc2cncnc2)cn1. The molecule has 1 saturated carbocycles. The predicted molar refractivity (Wildman–Crippen MR) is 67.8 cm³/mol. The minimum Gasteiger partial charge on any atom is -0.333 e. The van der Waals surface area contributed by atoms with Crippen molar-refractivity contribution >= 4 is 0 Å². The van der Waals surface area contributed by atoms with E-state index in [9.17, 15) is 0 Å². The van der Waals surface area contributed by atoms with Gasteiger partial charge in [-0.2, -0.15) is 0 Å². The summed E-state index contributed by atoms with van der Waals surface area (Å²) in [5.41, 5.74) is 1.13. The predicted octanol–water partition coefficient (Wildman–Crippen LogP) is 1.56. The minimum atomic E-state index is 0.513. The Hall–Kier alpha value is -1.75. The van der Waals surface area contributed by atoms with Crippen molar-refractivity contribution in [3.63, 3.8) is 0 Å². The lowest BCUT2D eigenvalue weighted by Gasteiger charge is -2.22. The van der Waals surface area contributed by atoms with Crippen molar-refractivity contribution in [2.24, 2.45) is 0 Å². The third-order valence-corrected chi connectivity index (χ3v) is 3.57. The Morgan fingerprint density at radius 3 is 2.89 bits per heavy atom. The van der Waals surface area contributed by atoms with Crippen LogP contribution in [-0.2, 0) is 6.54 Å². The monoisotopic (exact) mass is 243 g/mol. The summed E-state index contributed by atoms with van der Waals surface area (Å²) in [7, 11) is 0. The average molecular weight is 243 g/mol. The van der Waals surface area contributed by atoms with Gasteiger partial charge in [0.2, 0.25) is 0 Å². The molecule has 0 radical (unpaired) electrons. The lowest BCUT2D eigenvalue weighted by atomic mass is 10.1. The Balaban J connectivity index is 1.62. The van der Waals surface area contributed by atoms with Crippen LogP contribution in [-0.4, -0.2) is 25.6 Å². The zero-order chi connectivity index (χ0) is 12.2. The van der Waals surface area contributed by atoms with E-state index in [1.54, 1.807) is 6.33 Å². The summed E-state index contributed by atoms with van der Waals surface area (Å²) in [6, 6.07) is 1.04. The highest BCUT2D eigenvalue weighted by molar-refractivity contribution is 5.03. The van der Waals surface area contributed by atoms with Crippen molar-refractivity contribution in [3.8, 4) is 0 Å². The Bertz CT molecular complexity index is 467. The van der Waals surface area contributed by atoms with Crippen LogP contribution in [0.3, 0.4) is 0 Å². The van der Waals surface area contributed by atoms with Gasteiger partial charge in [-0.25, -0.2) is 15.0 Å². The Morgan fingerprint density at radius 2 is 2.11 bits per heavy atom. The maximum atomic E-state index is 4.13. The van der Waals surface area contributed by atoms with E-state index in [-0.39, 0.29) is 0 Å². The van der Waals surface area contributed by atoms with Crippen LogP contribution in [0.15, 0.2) is 37.4 Å². The molecule has 18 heavy (non-hydrogen) atoms. The van der Waals surface area contributed by atoms with Crippen molar-refractivity contribution in [3.05, 3.63) is 43.0 Å². The van der Waals surface area contributed by atoms with Crippen LogP contribution < -0.4 is 5.32 Å². The van der Waals surface area contributed by atoms with E-state index in [1.807, 2.05) is 24.9 Å². The number of aromatic nitrogens is 4. The molecule has 1 N–H and O–H groups in total. The van der Waals surface area contributed by atoms with Gasteiger partial charge in [-0.1, -0.05) is 0 Å². The lowest BCUT2D eigenvalue weighted by Crippen LogP contribution is -2.33. The molecule has 2 aromatic rings. The maximum Gasteiger partial charge on any atom is 0.115 e. The number of imidazole rings is 1. The number of nitrogens with one attached hydrogen (secondary N) is 1. The van der Waals surface area contributed by atoms with Gasteiger partial charge in [0.1, 0.15) is 6.33 Å². The smallest absolute Gasteiger partial charge is 0.115 e. The quantitative estimate of drug-likeness (QED) is 0.885. The van der Waals surface area contributed by atoms with Crippen molar-refractivity contribution in [2.45, 2.75) is 37.9 Å². The fraction of sp³-hybridized carbons (Fsp3) is 0.462. The first-order chi connectivity index (χ1) is 8.93. The highest BCUT2D eigenvalue weighted by atomic mass is 15.1. The molecule has 3 rings (SSSR count). The molecule has 0 bridgehead atoms. The van der Waals surface area contributed by atoms with Crippen molar-refractivity contribution in [1.82, 2.24) is 24.8 Å². The molecule has 2 heterocycles. The molecule has 0 spiro atoms. The highest BCUT2D eigenvalue weighted by Gasteiger charge is 2.27. The molecule has 5 nitrogen and oxygen atoms in total. The highest BCUT2D eigenvalue weighted by Crippen LogP contribution is 2.29. The van der Waals surface area contributed by atoms with E-state index in [0.717, 1.165) is 12.1 Å². The standard InChI is InChI=1S/C13H17N5/c1-2-12(13(3-1)18-5-4-14-10-18)17-8-11-6-15-9-16-7-11/h4-7,9-10,12-13,17H,1-3,8H2. The van der Waals surface area contributed by atoms with Crippen molar-refractivity contribution in [2.75, 3.05) is 0 Å². The van der Waals surface area contributed by atoms with Crippen LogP contribution in [0.1, 0.15) is 30.9 Å². The second kappa shape index (κ2) is 5.27. The van der Waals surface area contributed by atoms with Crippen LogP contribution in [0.4, 0.5) is 0 Å². The van der Waals surface area contributed by atoms with E-state index < -0.39 is 0 Å². The number of rotatable bonds is 4. The third-order valence-electron chi connectivity index (χ3n) is 3.57. The van der Waals surface area contributed by atoms with E-state index >= 15 is 0 Å². The largest absolute Gasteiger partial charge is 0.333 e. The molecule has 0 aliphatic heterocycles. The van der Waals surface area contributed by atoms with Gasteiger partial charge < -0.3 is 9.88 Å². The zero-order valence-corrected chi connectivity index (χ0v) is 10.2. The molecular formula is C13H17N5. The average Bonchev–Trinajstić information content (AvgIpc) is 3.08. The fourth-order valence-electron chi connectivity index (χ4n) is 2.67. The summed E-state index contributed by atoms with van der Waals surface area (Å²) >= 11 is 0. The van der Waals surface area contributed by atoms with E-state index in [4.69, 9.17) is 0 Å². The first-order valence-corrected chi connectivity index (χ1v) is 6.38. The van der Waals surface area contributed by atoms with Crippen LogP contribution in [0.5, 0.6) is 0 Å². The van der Waals surface area contributed by atoms with Gasteiger partial charge in [0.15, 0.2) is 0 Å². The first-order valence-electron chi connectivity index (χ1n) is 6.38. The number of nitrogens with zero attached hydrogens (tertiary/aromatic N) is 4. The lowest BCUT2D eigenvalue weighted by molar-refractivity contribution is 0.390. The van der Waals surface area contributed by atoms with Gasteiger partial charge in [-0.3, -0.25) is 0 Å². The molecule has 0 amide bonds. The summed E-state index contributed by atoms with van der Waals surface area (Å²) in [4.78, 5) is 12.2. The molecule has 2 aromatic heterocycles. The molecule has 0 saturated heterocycles. The molecule has 1 fully saturated rings. The topological polar surface area (TPSA) is 55.6 Å². The van der Waals surface area contributed by atoms with Crippen LogP contribution >= 0.6 is 0 Å². The molecule has 2 unspecified atom stereocenters. The van der Waals surface area contributed by atoms with Gasteiger partial charge in [0, 0.05) is 49.0 Å². The Labute approximate surface area is 106 Å². The summed E-state index contributed by atoms with van der Waals surface area (Å²) in [5.74, 6) is 0. The van der Waals surface area contributed by atoms with Gasteiger partial charge in [0.05, 0.1) is 6.33 Å². The van der Waals surface area contributed by atoms with E-state index in [0.29, 0.717) is 12.1 Å². The van der Waals surface area contributed by atoms with Gasteiger partial charge >= 0.3 is 0 Å². The van der Waals surface area contributed by atoms with E-state index in [2.05, 4.69) is 31.0 Å². The fourth-order valence-corrected chi connectivity index (χ4v) is 2.67. The van der Waals surface area contributed by atoms with Crippen LogP contribution in [0.2, 0.25) is 0 Å². The number of hydrogen-bond donors (Lipinski definition) is 1. The molecular weight excluding hydrogens is 226 g/mol. The Morgan fingerprint density at radius 1 is 1.22 bits per heavy atom. The van der Waals surface area contributed by atoms with Gasteiger partial charge in [0.25, 0.3) is 0 Å². The number of hydrogen-bond acceptors (Lipinski definition) is 4. The Kier molecular flexibility index (Phi) is 3.32. The van der Waals surface area contributed by atoms with Crippen molar-refractivity contribution in [1.29, 1.82) is 0 Å². The van der Waals surface area contributed by atoms with Crippen molar-refractivity contribution < 1.29 is 0 Å². The summed E-state index contributed by atoms with van der Waals surface area (Å²) in [5, 5.41) is 3.61. The zero-order valence-electron chi connectivity index (χ0n) is 10.2. The minimum absolute atomic E-state index is 0.513. The summed E-state index contributed by atoms with van der Waals surface area (Å²) in [6.07, 6.45) is 14.8. The second-order valence-corrected chi connectivity index (χ2v) is 4.74. The van der Waals surface area contributed by atoms with E-state index in [1.165, 1.54) is 19.3 Å². The van der Waals surface area contributed by atoms with Gasteiger partial charge in [-0.05, 0) is 19.3 Å². The first kappa shape index (κ1) is 11.3. The second-order valence-electron chi connectivity index (χ2n) is 4.74. The molecule has 1 aliphatic carbocycles. The van der Waals surface area contributed by atoms with Gasteiger partial charge in [-0.15, -0.1) is 0 Å². The third kappa shape index (κ3) is 2.41.